The number of benzene rings is 1. The van der Waals surface area contributed by atoms with Gasteiger partial charge in [-0.05, 0) is 38.4 Å². The molecule has 112 valence electrons. The third-order valence-corrected chi connectivity index (χ3v) is 5.44. The summed E-state index contributed by atoms with van der Waals surface area (Å²) in [4.78, 5) is 0. The first-order chi connectivity index (χ1) is 9.37. The van der Waals surface area contributed by atoms with Crippen molar-refractivity contribution in [2.24, 2.45) is 0 Å². The van der Waals surface area contributed by atoms with Crippen LogP contribution in [-0.4, -0.2) is 27.0 Å². The Morgan fingerprint density at radius 2 is 2.00 bits per heavy atom. The van der Waals surface area contributed by atoms with Gasteiger partial charge in [0, 0.05) is 27.7 Å². The fraction of sp³-hybridized carbons (Fsp3) is 0.538. The van der Waals surface area contributed by atoms with Crippen molar-refractivity contribution < 1.29 is 8.42 Å². The Morgan fingerprint density at radius 3 is 2.60 bits per heavy atom. The average Bonchev–Trinajstić information content (AvgIpc) is 2.33. The summed E-state index contributed by atoms with van der Waals surface area (Å²) in [5.41, 5.74) is 0.449. The van der Waals surface area contributed by atoms with Gasteiger partial charge in [0.2, 0.25) is 10.0 Å². The van der Waals surface area contributed by atoms with Crippen LogP contribution in [0.2, 0.25) is 10.0 Å². The quantitative estimate of drug-likeness (QED) is 0.888. The average molecular weight is 337 g/mol. The van der Waals surface area contributed by atoms with Crippen LogP contribution in [-0.2, 0) is 15.8 Å². The fourth-order valence-corrected chi connectivity index (χ4v) is 4.58. The maximum absolute atomic E-state index is 12.2. The van der Waals surface area contributed by atoms with Crippen LogP contribution in [0.4, 0.5) is 0 Å². The van der Waals surface area contributed by atoms with Crippen molar-refractivity contribution >= 4 is 33.2 Å². The molecule has 0 aromatic heterocycles. The summed E-state index contributed by atoms with van der Waals surface area (Å²) in [6.07, 6.45) is 1.58. The molecular weight excluding hydrogens is 319 g/mol. The van der Waals surface area contributed by atoms with Crippen molar-refractivity contribution in [2.75, 3.05) is 6.54 Å². The van der Waals surface area contributed by atoms with Crippen LogP contribution < -0.4 is 10.0 Å². The van der Waals surface area contributed by atoms with E-state index in [1.165, 1.54) is 0 Å². The van der Waals surface area contributed by atoms with Crippen molar-refractivity contribution in [3.05, 3.63) is 33.8 Å². The number of rotatable bonds is 4. The molecule has 0 aliphatic carbocycles. The number of halogens is 2. The predicted molar refractivity (Wildman–Crippen MR) is 82.7 cm³/mol. The summed E-state index contributed by atoms with van der Waals surface area (Å²) in [5, 5.41) is 4.04. The molecule has 2 unspecified atom stereocenters. The molecule has 0 radical (unpaired) electrons. The topological polar surface area (TPSA) is 58.2 Å². The molecule has 1 aromatic rings. The summed E-state index contributed by atoms with van der Waals surface area (Å²) in [6, 6.07) is 5.27. The van der Waals surface area contributed by atoms with Gasteiger partial charge in [0.15, 0.2) is 0 Å². The predicted octanol–water partition coefficient (Wildman–Crippen LogP) is 2.55. The van der Waals surface area contributed by atoms with Crippen molar-refractivity contribution in [1.29, 1.82) is 0 Å². The van der Waals surface area contributed by atoms with E-state index in [1.807, 2.05) is 6.92 Å². The zero-order valence-electron chi connectivity index (χ0n) is 11.2. The SMILES string of the molecule is CC1CC(NS(=O)(=O)Cc2c(Cl)cccc2Cl)CCN1. The molecule has 1 aliphatic heterocycles. The first kappa shape index (κ1) is 16.0. The molecule has 1 fully saturated rings. The van der Waals surface area contributed by atoms with E-state index in [1.54, 1.807) is 18.2 Å². The molecule has 7 heteroatoms. The highest BCUT2D eigenvalue weighted by atomic mass is 35.5. The molecule has 0 bridgehead atoms. The van der Waals surface area contributed by atoms with Crippen LogP contribution in [0, 0.1) is 0 Å². The number of piperidine rings is 1. The van der Waals surface area contributed by atoms with Gasteiger partial charge in [0.05, 0.1) is 5.75 Å². The zero-order chi connectivity index (χ0) is 14.8. The Balaban J connectivity index is 2.07. The Morgan fingerprint density at radius 1 is 1.35 bits per heavy atom. The number of hydrogen-bond donors (Lipinski definition) is 2. The molecule has 4 nitrogen and oxygen atoms in total. The molecule has 1 aromatic carbocycles. The van der Waals surface area contributed by atoms with E-state index in [-0.39, 0.29) is 11.8 Å². The minimum atomic E-state index is -3.45. The van der Waals surface area contributed by atoms with Crippen molar-refractivity contribution in [3.63, 3.8) is 0 Å². The standard InChI is InChI=1S/C13H18Cl2N2O2S/c1-9-7-10(5-6-16-9)17-20(18,19)8-11-12(14)3-2-4-13(11)15/h2-4,9-10,16-17H,5-8H2,1H3. The van der Waals surface area contributed by atoms with Crippen LogP contribution in [0.15, 0.2) is 18.2 Å². The van der Waals surface area contributed by atoms with Crippen LogP contribution in [0.5, 0.6) is 0 Å². The first-order valence-electron chi connectivity index (χ1n) is 6.53. The van der Waals surface area contributed by atoms with Gasteiger partial charge in [-0.3, -0.25) is 0 Å². The van der Waals surface area contributed by atoms with Crippen LogP contribution >= 0.6 is 23.2 Å². The monoisotopic (exact) mass is 336 g/mol. The van der Waals surface area contributed by atoms with E-state index in [9.17, 15) is 8.42 Å². The van der Waals surface area contributed by atoms with E-state index < -0.39 is 10.0 Å². The third kappa shape index (κ3) is 4.33. The Bertz CT molecular complexity index is 557. The van der Waals surface area contributed by atoms with Crippen molar-refractivity contribution in [3.8, 4) is 0 Å². The maximum atomic E-state index is 12.2. The number of nitrogens with one attached hydrogen (secondary N) is 2. The second-order valence-electron chi connectivity index (χ2n) is 5.15. The summed E-state index contributed by atoms with van der Waals surface area (Å²) < 4.78 is 27.2. The highest BCUT2D eigenvalue weighted by molar-refractivity contribution is 7.88. The minimum Gasteiger partial charge on any atom is -0.314 e. The van der Waals surface area contributed by atoms with Gasteiger partial charge >= 0.3 is 0 Å². The third-order valence-electron chi connectivity index (χ3n) is 3.37. The van der Waals surface area contributed by atoms with Gasteiger partial charge in [-0.2, -0.15) is 0 Å². The van der Waals surface area contributed by atoms with Gasteiger partial charge in [0.25, 0.3) is 0 Å². The first-order valence-corrected chi connectivity index (χ1v) is 8.94. The molecule has 0 spiro atoms. The van der Waals surface area contributed by atoms with E-state index in [0.29, 0.717) is 21.7 Å². The molecule has 2 rings (SSSR count). The highest BCUT2D eigenvalue weighted by Gasteiger charge is 2.24. The Kier molecular flexibility index (Phi) is 5.31. The summed E-state index contributed by atoms with van der Waals surface area (Å²) in [6.45, 7) is 2.87. The van der Waals surface area contributed by atoms with E-state index in [2.05, 4.69) is 10.0 Å². The van der Waals surface area contributed by atoms with Gasteiger partial charge in [-0.15, -0.1) is 0 Å². The van der Waals surface area contributed by atoms with E-state index in [0.717, 1.165) is 19.4 Å². The van der Waals surface area contributed by atoms with Gasteiger partial charge in [-0.25, -0.2) is 13.1 Å². The molecule has 20 heavy (non-hydrogen) atoms. The van der Waals surface area contributed by atoms with Gasteiger partial charge in [0.1, 0.15) is 0 Å². The maximum Gasteiger partial charge on any atom is 0.216 e. The summed E-state index contributed by atoms with van der Waals surface area (Å²) in [7, 11) is -3.45. The Labute approximate surface area is 129 Å². The Hall–Kier alpha value is -0.330. The molecule has 0 saturated carbocycles. The number of sulfonamides is 1. The lowest BCUT2D eigenvalue weighted by atomic mass is 10.0. The lowest BCUT2D eigenvalue weighted by Crippen LogP contribution is -2.46. The van der Waals surface area contributed by atoms with Crippen LogP contribution in [0.25, 0.3) is 0 Å². The lowest BCUT2D eigenvalue weighted by molar-refractivity contribution is 0.361. The zero-order valence-corrected chi connectivity index (χ0v) is 13.5. The molecule has 1 heterocycles. The molecule has 2 N–H and O–H groups in total. The largest absolute Gasteiger partial charge is 0.314 e. The van der Waals surface area contributed by atoms with Crippen molar-refractivity contribution in [1.82, 2.24) is 10.0 Å². The lowest BCUT2D eigenvalue weighted by Gasteiger charge is -2.28. The van der Waals surface area contributed by atoms with Crippen molar-refractivity contribution in [2.45, 2.75) is 37.6 Å². The van der Waals surface area contributed by atoms with E-state index in [4.69, 9.17) is 23.2 Å². The molecule has 0 amide bonds. The molecular formula is C13H18Cl2N2O2S. The second-order valence-corrected chi connectivity index (χ2v) is 7.72. The molecule has 1 aliphatic rings. The van der Waals surface area contributed by atoms with Crippen LogP contribution in [0.1, 0.15) is 25.3 Å². The second kappa shape index (κ2) is 6.62. The number of hydrogen-bond acceptors (Lipinski definition) is 3. The summed E-state index contributed by atoms with van der Waals surface area (Å²) in [5.74, 6) is -0.191. The van der Waals surface area contributed by atoms with E-state index >= 15 is 0 Å². The summed E-state index contributed by atoms with van der Waals surface area (Å²) >= 11 is 12.0. The fourth-order valence-electron chi connectivity index (χ4n) is 2.39. The normalized spacial score (nSPS) is 23.8. The van der Waals surface area contributed by atoms with Gasteiger partial charge < -0.3 is 5.32 Å². The molecule has 2 atom stereocenters. The van der Waals surface area contributed by atoms with Crippen LogP contribution in [0.3, 0.4) is 0 Å². The molecule has 1 saturated heterocycles. The highest BCUT2D eigenvalue weighted by Crippen LogP contribution is 2.26. The smallest absolute Gasteiger partial charge is 0.216 e. The minimum absolute atomic E-state index is 0.0301. The van der Waals surface area contributed by atoms with Gasteiger partial charge in [-0.1, -0.05) is 29.3 Å².